The van der Waals surface area contributed by atoms with Crippen LogP contribution >= 0.6 is 12.4 Å². The average molecular weight is 313 g/mol. The quantitative estimate of drug-likeness (QED) is 0.756. The van der Waals surface area contributed by atoms with E-state index in [0.29, 0.717) is 25.6 Å². The largest absolute Gasteiger partial charge is 0.383 e. The highest BCUT2D eigenvalue weighted by molar-refractivity contribution is 5.85. The molecule has 5 heteroatoms. The van der Waals surface area contributed by atoms with Crippen LogP contribution in [0, 0.1) is 0 Å². The van der Waals surface area contributed by atoms with Crippen LogP contribution in [-0.2, 0) is 16.0 Å². The minimum atomic E-state index is 0. The molecule has 1 atom stereocenters. The number of hydrogen-bond donors (Lipinski definition) is 2. The molecular weight excluding hydrogens is 288 g/mol. The SMILES string of the molecule is COCCNCC(=O)NCC1CCCc2ccccc21.Cl. The fourth-order valence-electron chi connectivity index (χ4n) is 2.74. The zero-order valence-electron chi connectivity index (χ0n) is 12.6. The standard InChI is InChI=1S/C16H24N2O2.ClH/c1-20-10-9-17-12-16(19)18-11-14-7-4-6-13-5-2-3-8-15(13)14;/h2-3,5,8,14,17H,4,6-7,9-12H2,1H3,(H,18,19);1H. The number of amides is 1. The molecule has 0 saturated heterocycles. The van der Waals surface area contributed by atoms with Gasteiger partial charge < -0.3 is 15.4 Å². The second-order valence-electron chi connectivity index (χ2n) is 5.26. The van der Waals surface area contributed by atoms with E-state index in [1.807, 2.05) is 0 Å². The lowest BCUT2D eigenvalue weighted by Crippen LogP contribution is -2.37. The lowest BCUT2D eigenvalue weighted by molar-refractivity contribution is -0.120. The number of nitrogens with one attached hydrogen (secondary N) is 2. The number of carbonyl (C=O) groups excluding carboxylic acids is 1. The number of methoxy groups -OCH3 is 1. The molecule has 1 aliphatic carbocycles. The summed E-state index contributed by atoms with van der Waals surface area (Å²) in [6, 6.07) is 8.59. The first-order chi connectivity index (χ1) is 9.81. The van der Waals surface area contributed by atoms with Gasteiger partial charge in [-0.25, -0.2) is 0 Å². The van der Waals surface area contributed by atoms with Crippen LogP contribution in [0.1, 0.15) is 29.9 Å². The molecule has 0 aliphatic heterocycles. The van der Waals surface area contributed by atoms with E-state index < -0.39 is 0 Å². The summed E-state index contributed by atoms with van der Waals surface area (Å²) in [4.78, 5) is 11.7. The Balaban J connectivity index is 0.00000220. The van der Waals surface area contributed by atoms with Crippen molar-refractivity contribution >= 4 is 18.3 Å². The second-order valence-corrected chi connectivity index (χ2v) is 5.26. The Labute approximate surface area is 133 Å². The number of fused-ring (bicyclic) bond motifs is 1. The minimum Gasteiger partial charge on any atom is -0.383 e. The molecule has 0 bridgehead atoms. The molecule has 2 rings (SSSR count). The summed E-state index contributed by atoms with van der Waals surface area (Å²) in [5, 5.41) is 6.08. The van der Waals surface area contributed by atoms with Crippen LogP contribution in [0.5, 0.6) is 0 Å². The van der Waals surface area contributed by atoms with Gasteiger partial charge >= 0.3 is 0 Å². The molecule has 21 heavy (non-hydrogen) atoms. The van der Waals surface area contributed by atoms with Gasteiger partial charge in [-0.1, -0.05) is 24.3 Å². The van der Waals surface area contributed by atoms with Gasteiger partial charge in [0, 0.05) is 26.1 Å². The van der Waals surface area contributed by atoms with Crippen LogP contribution in [0.4, 0.5) is 0 Å². The maximum absolute atomic E-state index is 11.7. The van der Waals surface area contributed by atoms with Crippen molar-refractivity contribution in [1.82, 2.24) is 10.6 Å². The Morgan fingerprint density at radius 3 is 3.00 bits per heavy atom. The molecule has 1 amide bonds. The maximum Gasteiger partial charge on any atom is 0.233 e. The summed E-state index contributed by atoms with van der Waals surface area (Å²) in [5.74, 6) is 0.520. The van der Waals surface area contributed by atoms with Gasteiger partial charge in [0.05, 0.1) is 13.2 Å². The highest BCUT2D eigenvalue weighted by atomic mass is 35.5. The Bertz CT molecular complexity index is 440. The molecule has 118 valence electrons. The van der Waals surface area contributed by atoms with Crippen molar-refractivity contribution in [3.05, 3.63) is 35.4 Å². The topological polar surface area (TPSA) is 50.4 Å². The summed E-state index contributed by atoms with van der Waals surface area (Å²) in [6.45, 7) is 2.43. The van der Waals surface area contributed by atoms with E-state index >= 15 is 0 Å². The van der Waals surface area contributed by atoms with Crippen LogP contribution in [0.2, 0.25) is 0 Å². The molecule has 4 nitrogen and oxygen atoms in total. The van der Waals surface area contributed by atoms with Crippen LogP contribution in [0.15, 0.2) is 24.3 Å². The predicted octanol–water partition coefficient (Wildman–Crippen LogP) is 1.88. The molecule has 0 aromatic heterocycles. The number of rotatable bonds is 7. The molecular formula is C16H25ClN2O2. The second kappa shape index (κ2) is 9.77. The van der Waals surface area contributed by atoms with Crippen LogP contribution < -0.4 is 10.6 Å². The fourth-order valence-corrected chi connectivity index (χ4v) is 2.74. The smallest absolute Gasteiger partial charge is 0.233 e. The molecule has 0 spiro atoms. The summed E-state index contributed by atoms with van der Waals surface area (Å²) in [7, 11) is 1.66. The fraction of sp³-hybridized carbons (Fsp3) is 0.562. The number of aryl methyl sites for hydroxylation is 1. The third-order valence-corrected chi connectivity index (χ3v) is 3.81. The molecule has 1 aromatic carbocycles. The monoisotopic (exact) mass is 312 g/mol. The van der Waals surface area contributed by atoms with E-state index in [1.165, 1.54) is 24.0 Å². The number of halogens is 1. The third-order valence-electron chi connectivity index (χ3n) is 3.81. The van der Waals surface area contributed by atoms with Crippen molar-refractivity contribution in [1.29, 1.82) is 0 Å². The normalized spacial score (nSPS) is 16.7. The van der Waals surface area contributed by atoms with Gasteiger partial charge in [-0.3, -0.25) is 4.79 Å². The van der Waals surface area contributed by atoms with E-state index in [1.54, 1.807) is 7.11 Å². The minimum absolute atomic E-state index is 0. The van der Waals surface area contributed by atoms with E-state index in [-0.39, 0.29) is 18.3 Å². The highest BCUT2D eigenvalue weighted by Crippen LogP contribution is 2.30. The zero-order chi connectivity index (χ0) is 14.2. The zero-order valence-corrected chi connectivity index (χ0v) is 13.4. The van der Waals surface area contributed by atoms with Crippen molar-refractivity contribution in [2.24, 2.45) is 0 Å². The first-order valence-corrected chi connectivity index (χ1v) is 7.35. The van der Waals surface area contributed by atoms with E-state index in [9.17, 15) is 4.79 Å². The summed E-state index contributed by atoms with van der Waals surface area (Å²) < 4.78 is 4.92. The average Bonchev–Trinajstić information content (AvgIpc) is 2.49. The number of benzene rings is 1. The Kier molecular flexibility index (Phi) is 8.35. The number of carbonyl (C=O) groups is 1. The van der Waals surface area contributed by atoms with E-state index in [2.05, 4.69) is 34.9 Å². The lowest BCUT2D eigenvalue weighted by Gasteiger charge is -2.25. The Morgan fingerprint density at radius 2 is 2.19 bits per heavy atom. The molecule has 0 fully saturated rings. The molecule has 0 heterocycles. The Morgan fingerprint density at radius 1 is 1.38 bits per heavy atom. The van der Waals surface area contributed by atoms with Gasteiger partial charge in [-0.05, 0) is 30.4 Å². The number of hydrogen-bond acceptors (Lipinski definition) is 3. The molecule has 2 N–H and O–H groups in total. The van der Waals surface area contributed by atoms with Crippen LogP contribution in [0.3, 0.4) is 0 Å². The molecule has 1 aromatic rings. The van der Waals surface area contributed by atoms with Gasteiger partial charge in [0.25, 0.3) is 0 Å². The van der Waals surface area contributed by atoms with Crippen molar-refractivity contribution in [3.8, 4) is 0 Å². The predicted molar refractivity (Wildman–Crippen MR) is 87.1 cm³/mol. The van der Waals surface area contributed by atoms with Crippen LogP contribution in [0.25, 0.3) is 0 Å². The maximum atomic E-state index is 11.7. The van der Waals surface area contributed by atoms with Crippen molar-refractivity contribution in [3.63, 3.8) is 0 Å². The third kappa shape index (κ3) is 5.65. The van der Waals surface area contributed by atoms with Gasteiger partial charge in [0.1, 0.15) is 0 Å². The van der Waals surface area contributed by atoms with Gasteiger partial charge in [0.2, 0.25) is 5.91 Å². The van der Waals surface area contributed by atoms with Crippen molar-refractivity contribution in [2.75, 3.05) is 33.4 Å². The van der Waals surface area contributed by atoms with Crippen molar-refractivity contribution in [2.45, 2.75) is 25.2 Å². The molecule has 1 unspecified atom stereocenters. The summed E-state index contributed by atoms with van der Waals surface area (Å²) in [6.07, 6.45) is 3.54. The highest BCUT2D eigenvalue weighted by Gasteiger charge is 2.19. The molecule has 1 aliphatic rings. The van der Waals surface area contributed by atoms with Gasteiger partial charge in [-0.15, -0.1) is 12.4 Å². The first kappa shape index (κ1) is 18.0. The van der Waals surface area contributed by atoms with E-state index in [4.69, 9.17) is 4.74 Å². The lowest BCUT2D eigenvalue weighted by atomic mass is 9.83. The van der Waals surface area contributed by atoms with Crippen LogP contribution in [-0.4, -0.2) is 39.3 Å². The van der Waals surface area contributed by atoms with Crippen molar-refractivity contribution < 1.29 is 9.53 Å². The van der Waals surface area contributed by atoms with E-state index in [0.717, 1.165) is 13.0 Å². The van der Waals surface area contributed by atoms with Gasteiger partial charge in [0.15, 0.2) is 0 Å². The molecule has 0 radical (unpaired) electrons. The summed E-state index contributed by atoms with van der Waals surface area (Å²) >= 11 is 0. The first-order valence-electron chi connectivity index (χ1n) is 7.35. The number of ether oxygens (including phenoxy) is 1. The molecule has 0 saturated carbocycles. The van der Waals surface area contributed by atoms with Gasteiger partial charge in [-0.2, -0.15) is 0 Å². The Hall–Kier alpha value is -1.10. The summed E-state index contributed by atoms with van der Waals surface area (Å²) in [5.41, 5.74) is 2.85.